The molecular formula is C9H14O2S. The van der Waals surface area contributed by atoms with E-state index in [4.69, 9.17) is 4.74 Å². The lowest BCUT2D eigenvalue weighted by Crippen LogP contribution is -2.23. The van der Waals surface area contributed by atoms with Crippen LogP contribution in [-0.4, -0.2) is 23.6 Å². The summed E-state index contributed by atoms with van der Waals surface area (Å²) < 4.78 is 5.25. The lowest BCUT2D eigenvalue weighted by atomic mass is 10.1. The third kappa shape index (κ3) is 2.16. The summed E-state index contributed by atoms with van der Waals surface area (Å²) in [6.45, 7) is 0. The molecule has 0 bridgehead atoms. The molecule has 12 heavy (non-hydrogen) atoms. The molecular weight excluding hydrogens is 172 g/mol. The molecule has 0 N–H and O–H groups in total. The Balaban J connectivity index is 1.76. The standard InChI is InChI=1S/C9H14O2S/c10-9(11-8-3-4-8)7-2-1-5-12-6-7/h7-8H,1-6H2. The molecule has 2 fully saturated rings. The minimum absolute atomic E-state index is 0.0599. The van der Waals surface area contributed by atoms with Crippen LogP contribution < -0.4 is 0 Å². The molecule has 0 aromatic carbocycles. The van der Waals surface area contributed by atoms with Gasteiger partial charge in [0.25, 0.3) is 0 Å². The largest absolute Gasteiger partial charge is 0.462 e. The van der Waals surface area contributed by atoms with E-state index >= 15 is 0 Å². The maximum absolute atomic E-state index is 11.4. The Morgan fingerprint density at radius 2 is 2.17 bits per heavy atom. The zero-order valence-electron chi connectivity index (χ0n) is 7.12. The van der Waals surface area contributed by atoms with E-state index in [1.165, 1.54) is 12.2 Å². The van der Waals surface area contributed by atoms with Crippen molar-refractivity contribution in [2.75, 3.05) is 11.5 Å². The predicted octanol–water partition coefficient (Wildman–Crippen LogP) is 1.84. The van der Waals surface area contributed by atoms with Crippen LogP contribution in [0.2, 0.25) is 0 Å². The van der Waals surface area contributed by atoms with Crippen molar-refractivity contribution in [2.45, 2.75) is 31.8 Å². The SMILES string of the molecule is O=C(OC1CC1)C1CCCSC1. The first-order valence-electron chi connectivity index (χ1n) is 4.64. The molecule has 1 aliphatic carbocycles. The van der Waals surface area contributed by atoms with Gasteiger partial charge in [0.2, 0.25) is 0 Å². The molecule has 1 aliphatic heterocycles. The van der Waals surface area contributed by atoms with E-state index in [2.05, 4.69) is 0 Å². The second-order valence-corrected chi connectivity index (χ2v) is 4.70. The van der Waals surface area contributed by atoms with Crippen LogP contribution in [0.5, 0.6) is 0 Å². The summed E-state index contributed by atoms with van der Waals surface area (Å²) in [4.78, 5) is 11.4. The Kier molecular flexibility index (Phi) is 2.59. The molecule has 68 valence electrons. The Labute approximate surface area is 77.0 Å². The second-order valence-electron chi connectivity index (χ2n) is 3.55. The van der Waals surface area contributed by atoms with Crippen molar-refractivity contribution >= 4 is 17.7 Å². The number of thioether (sulfide) groups is 1. The van der Waals surface area contributed by atoms with E-state index in [0.717, 1.165) is 25.0 Å². The summed E-state index contributed by atoms with van der Waals surface area (Å²) in [5.41, 5.74) is 0. The fraction of sp³-hybridized carbons (Fsp3) is 0.889. The topological polar surface area (TPSA) is 26.3 Å². The van der Waals surface area contributed by atoms with Gasteiger partial charge in [0.05, 0.1) is 5.92 Å². The average Bonchev–Trinajstić information content (AvgIpc) is 2.90. The van der Waals surface area contributed by atoms with Gasteiger partial charge in [-0.15, -0.1) is 0 Å². The van der Waals surface area contributed by atoms with Gasteiger partial charge in [0, 0.05) is 5.75 Å². The molecule has 0 aromatic heterocycles. The lowest BCUT2D eigenvalue weighted by molar-refractivity contribution is -0.149. The fourth-order valence-electron chi connectivity index (χ4n) is 1.37. The zero-order valence-corrected chi connectivity index (χ0v) is 7.94. The number of carbonyl (C=O) groups is 1. The molecule has 1 saturated carbocycles. The predicted molar refractivity (Wildman–Crippen MR) is 49.2 cm³/mol. The van der Waals surface area contributed by atoms with Gasteiger partial charge in [-0.3, -0.25) is 4.79 Å². The maximum atomic E-state index is 11.4. The molecule has 1 saturated heterocycles. The minimum Gasteiger partial charge on any atom is -0.462 e. The lowest BCUT2D eigenvalue weighted by Gasteiger charge is -2.19. The van der Waals surface area contributed by atoms with Gasteiger partial charge in [-0.1, -0.05) is 0 Å². The van der Waals surface area contributed by atoms with Gasteiger partial charge in [0.1, 0.15) is 6.10 Å². The van der Waals surface area contributed by atoms with Gasteiger partial charge in [-0.2, -0.15) is 11.8 Å². The van der Waals surface area contributed by atoms with Crippen LogP contribution in [0.1, 0.15) is 25.7 Å². The van der Waals surface area contributed by atoms with Crippen molar-refractivity contribution in [3.63, 3.8) is 0 Å². The molecule has 2 rings (SSSR count). The van der Waals surface area contributed by atoms with Crippen LogP contribution in [0, 0.1) is 5.92 Å². The number of hydrogen-bond donors (Lipinski definition) is 0. The van der Waals surface area contributed by atoms with Crippen LogP contribution in [0.25, 0.3) is 0 Å². The highest BCUT2D eigenvalue weighted by atomic mass is 32.2. The first-order chi connectivity index (χ1) is 5.86. The summed E-state index contributed by atoms with van der Waals surface area (Å²) in [5, 5.41) is 0. The number of esters is 1. The van der Waals surface area contributed by atoms with E-state index in [-0.39, 0.29) is 18.0 Å². The highest BCUT2D eigenvalue weighted by molar-refractivity contribution is 7.99. The van der Waals surface area contributed by atoms with Gasteiger partial charge in [-0.05, 0) is 31.4 Å². The van der Waals surface area contributed by atoms with Crippen LogP contribution in [-0.2, 0) is 9.53 Å². The molecule has 3 heteroatoms. The second kappa shape index (κ2) is 3.69. The van der Waals surface area contributed by atoms with E-state index in [0.29, 0.717) is 0 Å². The molecule has 0 radical (unpaired) electrons. The van der Waals surface area contributed by atoms with Crippen LogP contribution in [0.15, 0.2) is 0 Å². The number of hydrogen-bond acceptors (Lipinski definition) is 3. The summed E-state index contributed by atoms with van der Waals surface area (Å²) >= 11 is 1.88. The van der Waals surface area contributed by atoms with Gasteiger partial charge >= 0.3 is 5.97 Å². The summed E-state index contributed by atoms with van der Waals surface area (Å²) in [6, 6.07) is 0. The van der Waals surface area contributed by atoms with Crippen molar-refractivity contribution in [1.29, 1.82) is 0 Å². The average molecular weight is 186 g/mol. The summed E-state index contributed by atoms with van der Waals surface area (Å²) in [5.74, 6) is 2.45. The van der Waals surface area contributed by atoms with E-state index in [9.17, 15) is 4.79 Å². The fourth-order valence-corrected chi connectivity index (χ4v) is 2.50. The van der Waals surface area contributed by atoms with E-state index in [1.54, 1.807) is 0 Å². The highest BCUT2D eigenvalue weighted by Gasteiger charge is 2.30. The van der Waals surface area contributed by atoms with Crippen molar-refractivity contribution in [3.05, 3.63) is 0 Å². The van der Waals surface area contributed by atoms with Crippen molar-refractivity contribution in [2.24, 2.45) is 5.92 Å². The smallest absolute Gasteiger partial charge is 0.310 e. The Morgan fingerprint density at radius 3 is 2.75 bits per heavy atom. The Bertz CT molecular complexity index is 171. The number of ether oxygens (including phenoxy) is 1. The highest BCUT2D eigenvalue weighted by Crippen LogP contribution is 2.28. The molecule has 0 aromatic rings. The normalized spacial score (nSPS) is 29.8. The third-order valence-corrected chi connectivity index (χ3v) is 3.52. The molecule has 0 spiro atoms. The van der Waals surface area contributed by atoms with Crippen LogP contribution in [0.4, 0.5) is 0 Å². The Morgan fingerprint density at radius 1 is 1.33 bits per heavy atom. The molecule has 2 aliphatic rings. The monoisotopic (exact) mass is 186 g/mol. The van der Waals surface area contributed by atoms with Crippen LogP contribution in [0.3, 0.4) is 0 Å². The first kappa shape index (κ1) is 8.42. The molecule has 2 nitrogen and oxygen atoms in total. The van der Waals surface area contributed by atoms with Crippen molar-refractivity contribution in [3.8, 4) is 0 Å². The zero-order chi connectivity index (χ0) is 8.39. The third-order valence-electron chi connectivity index (χ3n) is 2.30. The molecule has 1 heterocycles. The van der Waals surface area contributed by atoms with Crippen molar-refractivity contribution < 1.29 is 9.53 Å². The number of rotatable bonds is 2. The Hall–Kier alpha value is -0.180. The van der Waals surface area contributed by atoms with Crippen LogP contribution >= 0.6 is 11.8 Å². The van der Waals surface area contributed by atoms with Gasteiger partial charge < -0.3 is 4.74 Å². The maximum Gasteiger partial charge on any atom is 0.310 e. The van der Waals surface area contributed by atoms with Gasteiger partial charge in [0.15, 0.2) is 0 Å². The van der Waals surface area contributed by atoms with E-state index < -0.39 is 0 Å². The minimum atomic E-state index is 0.0599. The molecule has 1 atom stereocenters. The quantitative estimate of drug-likeness (QED) is 0.615. The van der Waals surface area contributed by atoms with Crippen molar-refractivity contribution in [1.82, 2.24) is 0 Å². The number of carbonyl (C=O) groups excluding carboxylic acids is 1. The van der Waals surface area contributed by atoms with E-state index in [1.807, 2.05) is 11.8 Å². The van der Waals surface area contributed by atoms with Gasteiger partial charge in [-0.25, -0.2) is 0 Å². The molecule has 1 unspecified atom stereocenters. The summed E-state index contributed by atoms with van der Waals surface area (Å²) in [6.07, 6.45) is 4.68. The summed E-state index contributed by atoms with van der Waals surface area (Å²) in [7, 11) is 0. The molecule has 0 amide bonds. The first-order valence-corrected chi connectivity index (χ1v) is 5.80.